The van der Waals surface area contributed by atoms with Crippen molar-refractivity contribution >= 4 is 23.4 Å². The Morgan fingerprint density at radius 3 is 2.59 bits per heavy atom. The molecule has 22 heavy (non-hydrogen) atoms. The number of para-hydroxylation sites is 1. The molecule has 0 aromatic heterocycles. The van der Waals surface area contributed by atoms with Crippen LogP contribution in [0.25, 0.3) is 0 Å². The molecule has 1 aliphatic carbocycles. The molecular formula is C17H20ClNO3. The number of hydrogen-bond acceptors (Lipinski definition) is 3. The molecule has 1 spiro atoms. The van der Waals surface area contributed by atoms with E-state index in [1.54, 1.807) is 12.1 Å². The first kappa shape index (κ1) is 15.3. The van der Waals surface area contributed by atoms with Gasteiger partial charge in [-0.05, 0) is 25.0 Å². The Morgan fingerprint density at radius 2 is 1.86 bits per heavy atom. The van der Waals surface area contributed by atoms with E-state index in [1.807, 2.05) is 12.1 Å². The Bertz CT molecular complexity index is 581. The zero-order valence-electron chi connectivity index (χ0n) is 12.5. The third kappa shape index (κ3) is 2.84. The largest absolute Gasteiger partial charge is 0.490 e. The summed E-state index contributed by atoms with van der Waals surface area (Å²) in [4.78, 5) is 26.2. The van der Waals surface area contributed by atoms with Crippen molar-refractivity contribution < 1.29 is 14.3 Å². The molecule has 1 aliphatic heterocycles. The van der Waals surface area contributed by atoms with E-state index in [9.17, 15) is 9.59 Å². The van der Waals surface area contributed by atoms with Gasteiger partial charge in [-0.25, -0.2) is 0 Å². The maximum absolute atomic E-state index is 12.6. The first-order valence-electron chi connectivity index (χ1n) is 7.85. The van der Waals surface area contributed by atoms with Gasteiger partial charge >= 0.3 is 0 Å². The van der Waals surface area contributed by atoms with Crippen molar-refractivity contribution in [1.29, 1.82) is 0 Å². The predicted molar refractivity (Wildman–Crippen MR) is 83.8 cm³/mol. The van der Waals surface area contributed by atoms with Gasteiger partial charge in [-0.2, -0.15) is 0 Å². The van der Waals surface area contributed by atoms with Gasteiger partial charge in [-0.1, -0.05) is 43.0 Å². The van der Waals surface area contributed by atoms with Crippen LogP contribution in [0.3, 0.4) is 0 Å². The van der Waals surface area contributed by atoms with Gasteiger partial charge in [0.25, 0.3) is 0 Å². The molecule has 2 amide bonds. The van der Waals surface area contributed by atoms with Crippen molar-refractivity contribution in [3.05, 3.63) is 29.3 Å². The monoisotopic (exact) mass is 321 g/mol. The standard InChI is InChI=1S/C17H20ClNO3/c18-13-6-2-3-7-14(13)22-11-10-19-15(20)12-17(16(19)21)8-4-1-5-9-17/h2-3,6-7H,1,4-5,8-12H2. The van der Waals surface area contributed by atoms with Crippen LogP contribution in [-0.2, 0) is 9.59 Å². The average Bonchev–Trinajstić information content (AvgIpc) is 2.74. The third-order valence-electron chi connectivity index (χ3n) is 4.71. The Balaban J connectivity index is 1.60. The minimum atomic E-state index is -0.417. The predicted octanol–water partition coefficient (Wildman–Crippen LogP) is 3.43. The average molecular weight is 322 g/mol. The van der Waals surface area contributed by atoms with E-state index >= 15 is 0 Å². The van der Waals surface area contributed by atoms with Gasteiger partial charge < -0.3 is 4.74 Å². The molecule has 118 valence electrons. The van der Waals surface area contributed by atoms with Gasteiger partial charge in [0.2, 0.25) is 11.8 Å². The summed E-state index contributed by atoms with van der Waals surface area (Å²) >= 11 is 6.02. The molecule has 0 bridgehead atoms. The van der Waals surface area contributed by atoms with E-state index in [4.69, 9.17) is 16.3 Å². The van der Waals surface area contributed by atoms with Crippen LogP contribution in [-0.4, -0.2) is 29.9 Å². The van der Waals surface area contributed by atoms with Crippen molar-refractivity contribution in [3.8, 4) is 5.75 Å². The zero-order valence-corrected chi connectivity index (χ0v) is 13.3. The van der Waals surface area contributed by atoms with E-state index in [0.717, 1.165) is 25.7 Å². The van der Waals surface area contributed by atoms with Crippen molar-refractivity contribution in [1.82, 2.24) is 4.90 Å². The summed E-state index contributed by atoms with van der Waals surface area (Å²) in [7, 11) is 0. The van der Waals surface area contributed by atoms with Crippen LogP contribution in [0.15, 0.2) is 24.3 Å². The molecule has 5 heteroatoms. The van der Waals surface area contributed by atoms with Gasteiger partial charge in [-0.3, -0.25) is 14.5 Å². The van der Waals surface area contributed by atoms with E-state index in [2.05, 4.69) is 0 Å². The number of hydrogen-bond donors (Lipinski definition) is 0. The molecule has 2 aliphatic rings. The van der Waals surface area contributed by atoms with Gasteiger partial charge in [-0.15, -0.1) is 0 Å². The summed E-state index contributed by atoms with van der Waals surface area (Å²) < 4.78 is 5.59. The van der Waals surface area contributed by atoms with Crippen LogP contribution in [0.1, 0.15) is 38.5 Å². The molecule has 1 aromatic rings. The molecule has 0 N–H and O–H groups in total. The van der Waals surface area contributed by atoms with Crippen LogP contribution in [0.2, 0.25) is 5.02 Å². The summed E-state index contributed by atoms with van der Waals surface area (Å²) in [5, 5.41) is 0.533. The maximum Gasteiger partial charge on any atom is 0.236 e. The number of halogens is 1. The highest BCUT2D eigenvalue weighted by molar-refractivity contribution is 6.32. The number of rotatable bonds is 4. The summed E-state index contributed by atoms with van der Waals surface area (Å²) in [6.45, 7) is 0.571. The molecule has 4 nitrogen and oxygen atoms in total. The second kappa shape index (κ2) is 6.29. The molecule has 2 fully saturated rings. The molecule has 1 saturated carbocycles. The lowest BCUT2D eigenvalue weighted by atomic mass is 9.73. The number of imide groups is 1. The Labute approximate surface area is 135 Å². The second-order valence-corrected chi connectivity index (χ2v) is 6.55. The molecule has 1 saturated heterocycles. The second-order valence-electron chi connectivity index (χ2n) is 6.15. The number of benzene rings is 1. The Hall–Kier alpha value is -1.55. The molecule has 0 unspecified atom stereocenters. The third-order valence-corrected chi connectivity index (χ3v) is 5.02. The highest BCUT2D eigenvalue weighted by Crippen LogP contribution is 2.45. The fraction of sp³-hybridized carbons (Fsp3) is 0.529. The number of ether oxygens (including phenoxy) is 1. The minimum absolute atomic E-state index is 0.0000383. The van der Waals surface area contributed by atoms with Gasteiger partial charge in [0.15, 0.2) is 0 Å². The highest BCUT2D eigenvalue weighted by Gasteiger charge is 2.51. The lowest BCUT2D eigenvalue weighted by Crippen LogP contribution is -2.39. The van der Waals surface area contributed by atoms with Crippen LogP contribution in [0.4, 0.5) is 0 Å². The van der Waals surface area contributed by atoms with Crippen molar-refractivity contribution in [2.45, 2.75) is 38.5 Å². The zero-order chi connectivity index (χ0) is 15.6. The topological polar surface area (TPSA) is 46.6 Å². The number of amides is 2. The van der Waals surface area contributed by atoms with E-state index < -0.39 is 5.41 Å². The van der Waals surface area contributed by atoms with Crippen molar-refractivity contribution in [2.24, 2.45) is 5.41 Å². The van der Waals surface area contributed by atoms with E-state index in [0.29, 0.717) is 23.7 Å². The quantitative estimate of drug-likeness (QED) is 0.798. The summed E-state index contributed by atoms with van der Waals surface area (Å²) in [5.41, 5.74) is -0.417. The van der Waals surface area contributed by atoms with Crippen LogP contribution < -0.4 is 4.74 Å². The van der Waals surface area contributed by atoms with Crippen LogP contribution >= 0.6 is 11.6 Å². The van der Waals surface area contributed by atoms with Gasteiger partial charge in [0, 0.05) is 6.42 Å². The van der Waals surface area contributed by atoms with E-state index in [-0.39, 0.29) is 18.4 Å². The molecular weight excluding hydrogens is 302 g/mol. The van der Waals surface area contributed by atoms with Crippen molar-refractivity contribution in [2.75, 3.05) is 13.2 Å². The van der Waals surface area contributed by atoms with Gasteiger partial charge in [0.1, 0.15) is 12.4 Å². The first-order chi connectivity index (χ1) is 10.6. The fourth-order valence-corrected chi connectivity index (χ4v) is 3.70. The number of likely N-dealkylation sites (tertiary alicyclic amines) is 1. The lowest BCUT2D eigenvalue weighted by molar-refractivity contribution is -0.142. The van der Waals surface area contributed by atoms with Crippen LogP contribution in [0, 0.1) is 5.41 Å². The summed E-state index contributed by atoms with van der Waals surface area (Å²) in [5.74, 6) is 0.519. The number of nitrogens with zero attached hydrogens (tertiary/aromatic N) is 1. The molecule has 0 radical (unpaired) electrons. The normalized spacial score (nSPS) is 20.7. The first-order valence-corrected chi connectivity index (χ1v) is 8.22. The molecule has 1 heterocycles. The van der Waals surface area contributed by atoms with Gasteiger partial charge in [0.05, 0.1) is 17.0 Å². The van der Waals surface area contributed by atoms with E-state index in [1.165, 1.54) is 11.3 Å². The summed E-state index contributed by atoms with van der Waals surface area (Å²) in [6.07, 6.45) is 5.32. The Morgan fingerprint density at radius 1 is 1.14 bits per heavy atom. The lowest BCUT2D eigenvalue weighted by Gasteiger charge is -2.30. The Kier molecular flexibility index (Phi) is 4.39. The molecule has 1 aromatic carbocycles. The minimum Gasteiger partial charge on any atom is -0.490 e. The molecule has 3 rings (SSSR count). The smallest absolute Gasteiger partial charge is 0.236 e. The number of carbonyl (C=O) groups is 2. The molecule has 0 atom stereocenters. The van der Waals surface area contributed by atoms with Crippen molar-refractivity contribution in [3.63, 3.8) is 0 Å². The SMILES string of the molecule is O=C1CC2(CCCCC2)C(=O)N1CCOc1ccccc1Cl. The summed E-state index contributed by atoms with van der Waals surface area (Å²) in [6, 6.07) is 7.19. The maximum atomic E-state index is 12.6. The fourth-order valence-electron chi connectivity index (χ4n) is 3.51. The number of carbonyl (C=O) groups excluding carboxylic acids is 2. The van der Waals surface area contributed by atoms with Crippen LogP contribution in [0.5, 0.6) is 5.75 Å². The highest BCUT2D eigenvalue weighted by atomic mass is 35.5.